The number of carbonyl (C=O) groups is 1. The number of nitrogens with zero attached hydrogens (tertiary/aromatic N) is 1. The Labute approximate surface area is 164 Å². The van der Waals surface area contributed by atoms with Crippen molar-refractivity contribution in [1.29, 1.82) is 0 Å². The molecule has 2 saturated heterocycles. The number of carbonyl (C=O) groups excluding carboxylic acids is 1. The van der Waals surface area contributed by atoms with Gasteiger partial charge in [0.1, 0.15) is 0 Å². The Kier molecular flexibility index (Phi) is 7.93. The lowest BCUT2D eigenvalue weighted by molar-refractivity contribution is -0.142. The van der Waals surface area contributed by atoms with Gasteiger partial charge in [-0.1, -0.05) is 24.3 Å². The van der Waals surface area contributed by atoms with Crippen molar-refractivity contribution in [3.63, 3.8) is 0 Å². The number of nitrogens with one attached hydrogen (secondary N) is 1. The average Bonchev–Trinajstić information content (AvgIpc) is 2.67. The Bertz CT molecular complexity index is 579. The lowest BCUT2D eigenvalue weighted by Crippen LogP contribution is -2.52. The predicted molar refractivity (Wildman–Crippen MR) is 108 cm³/mol. The first kappa shape index (κ1) is 21.2. The number of ether oxygens (including phenoxy) is 1. The molecule has 0 atom stereocenters. The molecule has 0 unspecified atom stereocenters. The van der Waals surface area contributed by atoms with Gasteiger partial charge in [-0.15, -0.1) is 12.4 Å². The third-order valence-corrected chi connectivity index (χ3v) is 6.12. The Balaban J connectivity index is 0.00000243. The van der Waals surface area contributed by atoms with E-state index in [1.807, 2.05) is 7.05 Å². The van der Waals surface area contributed by atoms with Crippen LogP contribution >= 0.6 is 12.4 Å². The molecule has 0 saturated carbocycles. The van der Waals surface area contributed by atoms with Crippen LogP contribution in [0.3, 0.4) is 0 Å². The van der Waals surface area contributed by atoms with Gasteiger partial charge in [0, 0.05) is 26.3 Å². The Morgan fingerprint density at radius 2 is 1.88 bits per heavy atom. The van der Waals surface area contributed by atoms with E-state index in [9.17, 15) is 4.79 Å². The molecule has 0 aromatic heterocycles. The van der Waals surface area contributed by atoms with Gasteiger partial charge in [0.05, 0.1) is 5.41 Å². The van der Waals surface area contributed by atoms with Gasteiger partial charge in [-0.25, -0.2) is 0 Å². The molecule has 2 heterocycles. The van der Waals surface area contributed by atoms with Gasteiger partial charge in [-0.05, 0) is 69.7 Å². The molecule has 146 valence electrons. The van der Waals surface area contributed by atoms with Crippen molar-refractivity contribution in [1.82, 2.24) is 10.2 Å². The molecule has 1 aromatic carbocycles. The van der Waals surface area contributed by atoms with Crippen molar-refractivity contribution in [2.24, 2.45) is 5.92 Å². The molecule has 0 spiro atoms. The zero-order chi connectivity index (χ0) is 17.7. The number of halogens is 1. The molecule has 2 fully saturated rings. The van der Waals surface area contributed by atoms with Crippen molar-refractivity contribution in [2.75, 3.05) is 39.9 Å². The Hall–Kier alpha value is -1.10. The van der Waals surface area contributed by atoms with E-state index in [2.05, 4.69) is 41.4 Å². The van der Waals surface area contributed by atoms with Gasteiger partial charge >= 0.3 is 0 Å². The molecule has 0 radical (unpaired) electrons. The molecule has 0 bridgehead atoms. The van der Waals surface area contributed by atoms with E-state index in [0.717, 1.165) is 51.2 Å². The summed E-state index contributed by atoms with van der Waals surface area (Å²) < 4.78 is 5.61. The van der Waals surface area contributed by atoms with E-state index in [1.165, 1.54) is 17.5 Å². The van der Waals surface area contributed by atoms with Crippen LogP contribution in [0.25, 0.3) is 0 Å². The van der Waals surface area contributed by atoms with Crippen LogP contribution in [0, 0.1) is 12.8 Å². The molecule has 1 N–H and O–H groups in total. The van der Waals surface area contributed by atoms with Gasteiger partial charge in [0.15, 0.2) is 0 Å². The third-order valence-electron chi connectivity index (χ3n) is 6.12. The average molecular weight is 381 g/mol. The summed E-state index contributed by atoms with van der Waals surface area (Å²) in [6, 6.07) is 8.41. The smallest absolute Gasteiger partial charge is 0.233 e. The summed E-state index contributed by atoms with van der Waals surface area (Å²) in [5.74, 6) is 1.08. The molecular formula is C21H33ClN2O2. The molecular weight excluding hydrogens is 348 g/mol. The minimum atomic E-state index is -0.387. The maximum Gasteiger partial charge on any atom is 0.233 e. The van der Waals surface area contributed by atoms with Crippen molar-refractivity contribution in [3.8, 4) is 0 Å². The summed E-state index contributed by atoms with van der Waals surface area (Å²) in [5, 5.41) is 3.24. The molecule has 5 heteroatoms. The van der Waals surface area contributed by atoms with E-state index in [1.54, 1.807) is 0 Å². The molecule has 26 heavy (non-hydrogen) atoms. The maximum absolute atomic E-state index is 13.6. The fourth-order valence-electron chi connectivity index (χ4n) is 4.50. The molecule has 0 aliphatic carbocycles. The highest BCUT2D eigenvalue weighted by atomic mass is 35.5. The zero-order valence-corrected chi connectivity index (χ0v) is 16.9. The van der Waals surface area contributed by atoms with Crippen LogP contribution in [0.5, 0.6) is 0 Å². The van der Waals surface area contributed by atoms with Gasteiger partial charge < -0.3 is 15.0 Å². The van der Waals surface area contributed by atoms with Crippen LogP contribution in [0.15, 0.2) is 24.3 Å². The topological polar surface area (TPSA) is 41.6 Å². The molecule has 1 amide bonds. The van der Waals surface area contributed by atoms with E-state index in [-0.39, 0.29) is 17.8 Å². The fraction of sp³-hybridized carbons (Fsp3) is 0.667. The van der Waals surface area contributed by atoms with Gasteiger partial charge in [0.25, 0.3) is 0 Å². The number of benzene rings is 1. The predicted octanol–water partition coefficient (Wildman–Crippen LogP) is 3.31. The normalized spacial score (nSPS) is 20.5. The lowest BCUT2D eigenvalue weighted by Gasteiger charge is -2.43. The lowest BCUT2D eigenvalue weighted by atomic mass is 9.71. The number of rotatable bonds is 5. The standard InChI is InChI=1S/C21H32N2O2.ClH/c1-17-5-3-4-6-19(17)21(10-15-25-16-11-21)20(24)23-13-8-18(9-14-23)7-12-22-2;/h3-6,18,22H,7-16H2,1-2H3;1H. The summed E-state index contributed by atoms with van der Waals surface area (Å²) in [6.07, 6.45) is 5.09. The van der Waals surface area contributed by atoms with E-state index in [0.29, 0.717) is 19.1 Å². The first-order valence-corrected chi connectivity index (χ1v) is 9.75. The maximum atomic E-state index is 13.6. The van der Waals surface area contributed by atoms with Crippen molar-refractivity contribution in [3.05, 3.63) is 35.4 Å². The highest BCUT2D eigenvalue weighted by Crippen LogP contribution is 2.39. The minimum absolute atomic E-state index is 0. The van der Waals surface area contributed by atoms with Crippen LogP contribution in [-0.4, -0.2) is 50.7 Å². The first-order valence-electron chi connectivity index (χ1n) is 9.75. The largest absolute Gasteiger partial charge is 0.381 e. The highest BCUT2D eigenvalue weighted by Gasteiger charge is 2.45. The Morgan fingerprint density at radius 3 is 2.50 bits per heavy atom. The number of amides is 1. The van der Waals surface area contributed by atoms with Crippen LogP contribution in [0.2, 0.25) is 0 Å². The zero-order valence-electron chi connectivity index (χ0n) is 16.1. The van der Waals surface area contributed by atoms with Crippen LogP contribution in [0.4, 0.5) is 0 Å². The molecule has 2 aliphatic rings. The van der Waals surface area contributed by atoms with Gasteiger partial charge in [0.2, 0.25) is 5.91 Å². The van der Waals surface area contributed by atoms with Crippen LogP contribution < -0.4 is 5.32 Å². The minimum Gasteiger partial charge on any atom is -0.381 e. The second-order valence-electron chi connectivity index (χ2n) is 7.64. The summed E-state index contributed by atoms with van der Waals surface area (Å²) in [4.78, 5) is 15.7. The number of likely N-dealkylation sites (tertiary alicyclic amines) is 1. The second kappa shape index (κ2) is 9.72. The summed E-state index contributed by atoms with van der Waals surface area (Å²) in [6.45, 7) is 6.37. The Morgan fingerprint density at radius 1 is 1.23 bits per heavy atom. The quantitative estimate of drug-likeness (QED) is 0.852. The van der Waals surface area contributed by atoms with Gasteiger partial charge in [-0.3, -0.25) is 4.79 Å². The second-order valence-corrected chi connectivity index (χ2v) is 7.64. The molecule has 4 nitrogen and oxygen atoms in total. The number of hydrogen-bond acceptors (Lipinski definition) is 3. The van der Waals surface area contributed by atoms with Crippen molar-refractivity contribution < 1.29 is 9.53 Å². The van der Waals surface area contributed by atoms with Crippen LogP contribution in [-0.2, 0) is 14.9 Å². The highest BCUT2D eigenvalue weighted by molar-refractivity contribution is 5.89. The van der Waals surface area contributed by atoms with Gasteiger partial charge in [-0.2, -0.15) is 0 Å². The summed E-state index contributed by atoms with van der Waals surface area (Å²) in [5.41, 5.74) is 2.05. The number of piperidine rings is 1. The monoisotopic (exact) mass is 380 g/mol. The SMILES string of the molecule is CNCCC1CCN(C(=O)C2(c3ccccc3C)CCOCC2)CC1.Cl. The third kappa shape index (κ3) is 4.41. The first-order chi connectivity index (χ1) is 12.2. The fourth-order valence-corrected chi connectivity index (χ4v) is 4.50. The number of hydrogen-bond donors (Lipinski definition) is 1. The van der Waals surface area contributed by atoms with E-state index in [4.69, 9.17) is 4.74 Å². The van der Waals surface area contributed by atoms with E-state index >= 15 is 0 Å². The van der Waals surface area contributed by atoms with Crippen molar-refractivity contribution >= 4 is 18.3 Å². The van der Waals surface area contributed by atoms with Crippen LogP contribution in [0.1, 0.15) is 43.2 Å². The van der Waals surface area contributed by atoms with Crippen molar-refractivity contribution in [2.45, 2.75) is 44.4 Å². The molecule has 1 aromatic rings. The van der Waals surface area contributed by atoms with E-state index < -0.39 is 0 Å². The molecule has 2 aliphatic heterocycles. The molecule has 3 rings (SSSR count). The summed E-state index contributed by atoms with van der Waals surface area (Å²) in [7, 11) is 2.01. The summed E-state index contributed by atoms with van der Waals surface area (Å²) >= 11 is 0. The number of aryl methyl sites for hydroxylation is 1.